The van der Waals surface area contributed by atoms with Crippen LogP contribution in [0, 0.1) is 11.6 Å². The van der Waals surface area contributed by atoms with Crippen LogP contribution in [-0.2, 0) is 0 Å². The van der Waals surface area contributed by atoms with Crippen molar-refractivity contribution in [3.05, 3.63) is 96.1 Å². The molecule has 4 aromatic rings. The van der Waals surface area contributed by atoms with Crippen LogP contribution >= 0.6 is 0 Å². The molecular formula is C25H19F2N5O4. The lowest BCUT2D eigenvalue weighted by atomic mass is 10.2. The average molecular weight is 491 g/mol. The van der Waals surface area contributed by atoms with Crippen molar-refractivity contribution in [2.24, 2.45) is 0 Å². The van der Waals surface area contributed by atoms with Crippen molar-refractivity contribution in [1.82, 2.24) is 15.3 Å². The van der Waals surface area contributed by atoms with Crippen LogP contribution in [0.5, 0.6) is 23.0 Å². The first-order valence-electron chi connectivity index (χ1n) is 10.5. The highest BCUT2D eigenvalue weighted by Crippen LogP contribution is 2.27. The van der Waals surface area contributed by atoms with Gasteiger partial charge in [-0.3, -0.25) is 19.6 Å². The van der Waals surface area contributed by atoms with Crippen LogP contribution in [0.4, 0.5) is 20.2 Å². The van der Waals surface area contributed by atoms with Crippen LogP contribution in [0.15, 0.2) is 73.1 Å². The number of hydrogen-bond donors (Lipinski definition) is 3. The van der Waals surface area contributed by atoms with Crippen LogP contribution in [0.25, 0.3) is 0 Å². The Hall–Kier alpha value is -5.06. The van der Waals surface area contributed by atoms with E-state index >= 15 is 0 Å². The van der Waals surface area contributed by atoms with E-state index in [0.29, 0.717) is 0 Å². The summed E-state index contributed by atoms with van der Waals surface area (Å²) in [5.74, 6) is -1.67. The number of hydrogen-bond acceptors (Lipinski definition) is 7. The predicted octanol–water partition coefficient (Wildman–Crippen LogP) is 4.53. The fourth-order valence-corrected chi connectivity index (χ4v) is 3.02. The molecule has 0 spiro atoms. The van der Waals surface area contributed by atoms with E-state index in [1.807, 2.05) is 0 Å². The molecule has 4 N–H and O–H groups in total. The Morgan fingerprint density at radius 2 is 1.28 bits per heavy atom. The third kappa shape index (κ3) is 5.70. The Morgan fingerprint density at radius 1 is 0.750 bits per heavy atom. The summed E-state index contributed by atoms with van der Waals surface area (Å²) in [6.07, 6.45) is 2.71. The molecule has 182 valence electrons. The van der Waals surface area contributed by atoms with Gasteiger partial charge in [-0.1, -0.05) is 0 Å². The number of carbonyl (C=O) groups excluding carboxylic acids is 2. The monoisotopic (exact) mass is 491 g/mol. The number of carbonyl (C=O) groups is 2. The molecule has 0 aliphatic heterocycles. The van der Waals surface area contributed by atoms with Gasteiger partial charge >= 0.3 is 0 Å². The molecule has 0 fully saturated rings. The van der Waals surface area contributed by atoms with Crippen molar-refractivity contribution in [2.75, 3.05) is 18.1 Å². The summed E-state index contributed by atoms with van der Waals surface area (Å²) >= 11 is 0. The van der Waals surface area contributed by atoms with Gasteiger partial charge in [0.25, 0.3) is 11.8 Å². The zero-order valence-corrected chi connectivity index (χ0v) is 18.8. The fourth-order valence-electron chi connectivity index (χ4n) is 3.02. The molecule has 0 radical (unpaired) electrons. The Kier molecular flexibility index (Phi) is 7.00. The van der Waals surface area contributed by atoms with Gasteiger partial charge in [0.2, 0.25) is 0 Å². The van der Waals surface area contributed by atoms with Crippen molar-refractivity contribution < 1.29 is 27.8 Å². The average Bonchev–Trinajstić information content (AvgIpc) is 2.87. The Balaban J connectivity index is 1.44. The Bertz CT molecular complexity index is 1450. The van der Waals surface area contributed by atoms with Gasteiger partial charge in [0.05, 0.1) is 11.4 Å². The zero-order valence-electron chi connectivity index (χ0n) is 18.8. The zero-order chi connectivity index (χ0) is 25.7. The van der Waals surface area contributed by atoms with Gasteiger partial charge in [-0.15, -0.1) is 0 Å². The summed E-state index contributed by atoms with van der Waals surface area (Å²) in [7, 11) is 1.47. The first kappa shape index (κ1) is 24.1. The van der Waals surface area contributed by atoms with E-state index in [1.165, 1.54) is 68.0 Å². The molecule has 2 aromatic heterocycles. The molecule has 4 rings (SSSR count). The van der Waals surface area contributed by atoms with Crippen molar-refractivity contribution in [3.8, 4) is 23.0 Å². The molecule has 0 unspecified atom stereocenters. The number of halogens is 2. The number of amides is 2. The van der Waals surface area contributed by atoms with Crippen molar-refractivity contribution in [2.45, 2.75) is 0 Å². The van der Waals surface area contributed by atoms with Gasteiger partial charge in [-0.05, 0) is 36.4 Å². The highest BCUT2D eigenvalue weighted by Gasteiger charge is 2.14. The molecule has 11 heteroatoms. The highest BCUT2D eigenvalue weighted by molar-refractivity contribution is 6.03. The summed E-state index contributed by atoms with van der Waals surface area (Å²) in [6.45, 7) is 0. The smallest absolute Gasteiger partial charge is 0.274 e. The number of nitrogens with two attached hydrogens (primary N) is 1. The maximum absolute atomic E-state index is 14.7. The van der Waals surface area contributed by atoms with Crippen LogP contribution in [0.2, 0.25) is 0 Å². The summed E-state index contributed by atoms with van der Waals surface area (Å²) in [5.41, 5.74) is 5.40. The van der Waals surface area contributed by atoms with Gasteiger partial charge in [0.15, 0.2) is 0 Å². The lowest BCUT2D eigenvalue weighted by Gasteiger charge is -2.11. The van der Waals surface area contributed by atoms with E-state index in [9.17, 15) is 18.4 Å². The molecule has 36 heavy (non-hydrogen) atoms. The first-order chi connectivity index (χ1) is 17.3. The van der Waals surface area contributed by atoms with Gasteiger partial charge in [-0.25, -0.2) is 8.78 Å². The molecule has 0 aliphatic rings. The molecular weight excluding hydrogens is 472 g/mol. The second kappa shape index (κ2) is 10.5. The largest absolute Gasteiger partial charge is 0.457 e. The second-order valence-electron chi connectivity index (χ2n) is 7.32. The number of anilines is 2. The predicted molar refractivity (Wildman–Crippen MR) is 127 cm³/mol. The van der Waals surface area contributed by atoms with Crippen LogP contribution in [0.1, 0.15) is 21.0 Å². The number of aromatic nitrogens is 2. The van der Waals surface area contributed by atoms with Crippen LogP contribution < -0.4 is 25.8 Å². The molecule has 0 atom stereocenters. The highest BCUT2D eigenvalue weighted by atomic mass is 19.1. The van der Waals surface area contributed by atoms with Gasteiger partial charge in [0, 0.05) is 43.7 Å². The van der Waals surface area contributed by atoms with E-state index in [4.69, 9.17) is 15.2 Å². The van der Waals surface area contributed by atoms with Gasteiger partial charge in [-0.2, -0.15) is 0 Å². The topological polar surface area (TPSA) is 128 Å². The van der Waals surface area contributed by atoms with Gasteiger partial charge in [0.1, 0.15) is 46.0 Å². The molecule has 2 amide bonds. The third-order valence-electron chi connectivity index (χ3n) is 4.79. The van der Waals surface area contributed by atoms with Crippen LogP contribution in [0.3, 0.4) is 0 Å². The minimum atomic E-state index is -0.758. The molecule has 0 bridgehead atoms. The summed E-state index contributed by atoms with van der Waals surface area (Å²) in [4.78, 5) is 32.2. The third-order valence-corrected chi connectivity index (χ3v) is 4.79. The minimum absolute atomic E-state index is 0.0231. The molecule has 0 aliphatic carbocycles. The Labute approximate surface area is 203 Å². The van der Waals surface area contributed by atoms with Crippen LogP contribution in [-0.4, -0.2) is 28.8 Å². The molecule has 0 saturated heterocycles. The second-order valence-corrected chi connectivity index (χ2v) is 7.32. The maximum atomic E-state index is 14.7. The molecule has 2 heterocycles. The molecule has 9 nitrogen and oxygen atoms in total. The maximum Gasteiger partial charge on any atom is 0.274 e. The molecule has 2 aromatic carbocycles. The fraction of sp³-hybridized carbons (Fsp3) is 0.0400. The number of benzene rings is 2. The van der Waals surface area contributed by atoms with Crippen molar-refractivity contribution in [3.63, 3.8) is 0 Å². The SMILES string of the molecule is CNC(=O)c1cc(Oc2ccc(NC(=O)c3cc(Oc4ccc(N)c(F)c4)ccn3)c(F)c2)ccn1. The quantitative estimate of drug-likeness (QED) is 0.324. The lowest BCUT2D eigenvalue weighted by Crippen LogP contribution is -2.18. The summed E-state index contributed by atoms with van der Waals surface area (Å²) in [6, 6.07) is 13.5. The number of nitrogens with zero attached hydrogens (tertiary/aromatic N) is 2. The number of nitrogen functional groups attached to an aromatic ring is 1. The Morgan fingerprint density at radius 3 is 1.83 bits per heavy atom. The summed E-state index contributed by atoms with van der Waals surface area (Å²) in [5, 5.41) is 4.88. The van der Waals surface area contributed by atoms with Crippen molar-refractivity contribution >= 4 is 23.2 Å². The van der Waals surface area contributed by atoms with E-state index < -0.39 is 23.4 Å². The van der Waals surface area contributed by atoms with E-state index in [-0.39, 0.29) is 45.8 Å². The first-order valence-corrected chi connectivity index (χ1v) is 10.5. The minimum Gasteiger partial charge on any atom is -0.457 e. The number of rotatable bonds is 7. The lowest BCUT2D eigenvalue weighted by molar-refractivity contribution is 0.0957. The summed E-state index contributed by atoms with van der Waals surface area (Å²) < 4.78 is 39.4. The van der Waals surface area contributed by atoms with Gasteiger partial charge < -0.3 is 25.8 Å². The molecule has 0 saturated carbocycles. The van der Waals surface area contributed by atoms with E-state index in [0.717, 1.165) is 12.1 Å². The number of pyridine rings is 2. The van der Waals surface area contributed by atoms with Crippen molar-refractivity contribution in [1.29, 1.82) is 0 Å². The normalized spacial score (nSPS) is 10.4. The standard InChI is InChI=1S/C25H19F2N5O4/c1-29-24(33)22-12-16(6-8-30-22)36-15-3-5-21(19(27)11-15)32-25(34)23-13-17(7-9-31-23)35-14-2-4-20(28)18(26)10-14/h2-13H,28H2,1H3,(H,29,33)(H,32,34). The van der Waals surface area contributed by atoms with E-state index in [2.05, 4.69) is 20.6 Å². The number of ether oxygens (including phenoxy) is 2. The van der Waals surface area contributed by atoms with E-state index in [1.54, 1.807) is 0 Å². The number of nitrogens with one attached hydrogen (secondary N) is 2.